The van der Waals surface area contributed by atoms with Crippen molar-refractivity contribution in [3.05, 3.63) is 18.2 Å². The average molecular weight is 442 g/mol. The molecule has 1 atom stereocenters. The molecule has 11 heteroatoms. The fraction of sp³-hybridized carbons (Fsp3) is 0.579. The highest BCUT2D eigenvalue weighted by Crippen LogP contribution is 2.34. The monoisotopic (exact) mass is 441 g/mol. The van der Waals surface area contributed by atoms with E-state index in [-0.39, 0.29) is 18.0 Å². The van der Waals surface area contributed by atoms with E-state index in [1.165, 1.54) is 16.4 Å². The second-order valence-electron chi connectivity index (χ2n) is 6.92. The third-order valence-electron chi connectivity index (χ3n) is 4.73. The second kappa shape index (κ2) is 10.1. The van der Waals surface area contributed by atoms with Gasteiger partial charge in [-0.2, -0.15) is 4.31 Å². The van der Waals surface area contributed by atoms with Gasteiger partial charge in [0.1, 0.15) is 19.4 Å². The van der Waals surface area contributed by atoms with Crippen molar-refractivity contribution >= 4 is 21.8 Å². The fourth-order valence-electron chi connectivity index (χ4n) is 3.14. The minimum absolute atomic E-state index is 0.0471. The van der Waals surface area contributed by atoms with Crippen LogP contribution in [0.3, 0.4) is 0 Å². The van der Waals surface area contributed by atoms with E-state index < -0.39 is 28.1 Å². The van der Waals surface area contributed by atoms with Gasteiger partial charge in [0.2, 0.25) is 10.0 Å². The molecule has 2 amide bonds. The molecule has 0 radical (unpaired) electrons. The van der Waals surface area contributed by atoms with Crippen molar-refractivity contribution < 1.29 is 32.2 Å². The first-order valence-corrected chi connectivity index (χ1v) is 11.5. The van der Waals surface area contributed by atoms with Crippen molar-refractivity contribution in [3.63, 3.8) is 0 Å². The summed E-state index contributed by atoms with van der Waals surface area (Å²) in [5.74, 6) is -0.709. The Balaban J connectivity index is 1.67. The molecule has 1 aromatic rings. The number of hydrogen-bond donors (Lipinski definition) is 2. The number of sulfonamides is 1. The molecule has 2 aliphatic rings. The van der Waals surface area contributed by atoms with Gasteiger partial charge in [-0.15, -0.1) is 0 Å². The Morgan fingerprint density at radius 1 is 1.10 bits per heavy atom. The molecule has 2 aliphatic heterocycles. The fourth-order valence-corrected chi connectivity index (χ4v) is 4.72. The Hall–Kier alpha value is -2.37. The zero-order valence-corrected chi connectivity index (χ0v) is 17.7. The molecule has 1 aromatic carbocycles. The minimum Gasteiger partial charge on any atom is -0.486 e. The number of hydrogen-bond acceptors (Lipinski definition) is 7. The van der Waals surface area contributed by atoms with Crippen LogP contribution in [0, 0.1) is 0 Å². The predicted molar refractivity (Wildman–Crippen MR) is 107 cm³/mol. The first kappa shape index (κ1) is 22.3. The van der Waals surface area contributed by atoms with E-state index in [1.54, 1.807) is 6.07 Å². The predicted octanol–water partition coefficient (Wildman–Crippen LogP) is 0.227. The van der Waals surface area contributed by atoms with Crippen molar-refractivity contribution in [2.24, 2.45) is 0 Å². The van der Waals surface area contributed by atoms with Crippen LogP contribution in [-0.2, 0) is 24.3 Å². The number of amides is 2. The van der Waals surface area contributed by atoms with Gasteiger partial charge in [-0.1, -0.05) is 13.3 Å². The van der Waals surface area contributed by atoms with Crippen molar-refractivity contribution in [3.8, 4) is 11.5 Å². The van der Waals surface area contributed by atoms with E-state index in [9.17, 15) is 18.0 Å². The van der Waals surface area contributed by atoms with E-state index in [1.807, 2.05) is 6.92 Å². The molecule has 2 N–H and O–H groups in total. The molecular weight excluding hydrogens is 414 g/mol. The van der Waals surface area contributed by atoms with Gasteiger partial charge in [0.15, 0.2) is 11.5 Å². The average Bonchev–Trinajstić information content (AvgIpc) is 2.77. The number of unbranched alkanes of at least 4 members (excludes halogenated alkanes) is 1. The molecule has 3 rings (SSSR count). The summed E-state index contributed by atoms with van der Waals surface area (Å²) in [5, 5.41) is 4.97. The summed E-state index contributed by atoms with van der Waals surface area (Å²) >= 11 is 0. The quantitative estimate of drug-likeness (QED) is 0.459. The number of nitrogens with zero attached hydrogens (tertiary/aromatic N) is 1. The number of ether oxygens (including phenoxy) is 3. The lowest BCUT2D eigenvalue weighted by molar-refractivity contribution is -0.140. The minimum atomic E-state index is -3.91. The number of carbonyl (C=O) groups is 2. The first-order chi connectivity index (χ1) is 14.4. The van der Waals surface area contributed by atoms with E-state index in [0.29, 0.717) is 44.3 Å². The maximum absolute atomic E-state index is 13.2. The highest BCUT2D eigenvalue weighted by Gasteiger charge is 2.35. The van der Waals surface area contributed by atoms with Crippen LogP contribution < -0.4 is 20.1 Å². The number of benzene rings is 1. The Morgan fingerprint density at radius 3 is 2.60 bits per heavy atom. The number of nitrogens with one attached hydrogen (secondary N) is 2. The number of fused-ring (bicyclic) bond motifs is 1. The smallest absolute Gasteiger partial charge is 0.309 e. The van der Waals surface area contributed by atoms with Gasteiger partial charge >= 0.3 is 11.8 Å². The standard InChI is InChI=1S/C19H27N3O7S/c1-2-3-7-20-18(23)19(24)21-13-17-22(8-4-9-29-17)30(25,26)14-5-6-15-16(12-14)28-11-10-27-15/h5-6,12,17H,2-4,7-11,13H2,1H3,(H,20,23)(H,21,24). The molecule has 0 bridgehead atoms. The third kappa shape index (κ3) is 5.21. The Morgan fingerprint density at radius 2 is 1.83 bits per heavy atom. The number of carbonyl (C=O) groups excluding carboxylic acids is 2. The summed E-state index contributed by atoms with van der Waals surface area (Å²) in [5.41, 5.74) is 0. The first-order valence-electron chi connectivity index (χ1n) is 10.0. The van der Waals surface area contributed by atoms with Crippen LogP contribution in [0.4, 0.5) is 0 Å². The Bertz CT molecular complexity index is 875. The highest BCUT2D eigenvalue weighted by atomic mass is 32.2. The molecule has 1 fully saturated rings. The van der Waals surface area contributed by atoms with Crippen LogP contribution in [0.5, 0.6) is 11.5 Å². The van der Waals surface area contributed by atoms with Gasteiger partial charge in [0, 0.05) is 19.2 Å². The molecule has 1 saturated heterocycles. The summed E-state index contributed by atoms with van der Waals surface area (Å²) in [7, 11) is -3.91. The maximum Gasteiger partial charge on any atom is 0.309 e. The van der Waals surface area contributed by atoms with E-state index in [2.05, 4.69) is 10.6 Å². The van der Waals surface area contributed by atoms with Gasteiger partial charge in [-0.3, -0.25) is 9.59 Å². The van der Waals surface area contributed by atoms with Crippen LogP contribution in [-0.4, -0.2) is 70.2 Å². The lowest BCUT2D eigenvalue weighted by atomic mass is 10.3. The summed E-state index contributed by atoms with van der Waals surface area (Å²) in [6, 6.07) is 4.44. The van der Waals surface area contributed by atoms with Gasteiger partial charge in [-0.25, -0.2) is 8.42 Å². The molecule has 10 nitrogen and oxygen atoms in total. The molecular formula is C19H27N3O7S. The molecule has 30 heavy (non-hydrogen) atoms. The number of rotatable bonds is 7. The van der Waals surface area contributed by atoms with Crippen LogP contribution >= 0.6 is 0 Å². The van der Waals surface area contributed by atoms with Crippen molar-refractivity contribution in [1.29, 1.82) is 0 Å². The molecule has 0 spiro atoms. The van der Waals surface area contributed by atoms with E-state index >= 15 is 0 Å². The lowest BCUT2D eigenvalue weighted by Gasteiger charge is -2.34. The van der Waals surface area contributed by atoms with Gasteiger partial charge < -0.3 is 24.8 Å². The topological polar surface area (TPSA) is 123 Å². The Kier molecular flexibility index (Phi) is 7.51. The largest absolute Gasteiger partial charge is 0.486 e. The van der Waals surface area contributed by atoms with Gasteiger partial charge in [0.05, 0.1) is 18.0 Å². The van der Waals surface area contributed by atoms with E-state index in [0.717, 1.165) is 12.8 Å². The van der Waals surface area contributed by atoms with Crippen LogP contribution in [0.15, 0.2) is 23.1 Å². The van der Waals surface area contributed by atoms with E-state index in [4.69, 9.17) is 14.2 Å². The SMILES string of the molecule is CCCCNC(=O)C(=O)NCC1OCCCN1S(=O)(=O)c1ccc2c(c1)OCCO2. The molecule has 0 saturated carbocycles. The normalized spacial score (nSPS) is 19.2. The molecule has 1 unspecified atom stereocenters. The third-order valence-corrected chi connectivity index (χ3v) is 6.62. The second-order valence-corrected chi connectivity index (χ2v) is 8.81. The molecule has 0 aliphatic carbocycles. The lowest BCUT2D eigenvalue weighted by Crippen LogP contribution is -2.53. The van der Waals surface area contributed by atoms with Gasteiger partial charge in [0.25, 0.3) is 0 Å². The van der Waals surface area contributed by atoms with Crippen molar-refractivity contribution in [2.45, 2.75) is 37.3 Å². The molecule has 2 heterocycles. The summed E-state index contributed by atoms with van der Waals surface area (Å²) in [6.45, 7) is 3.60. The van der Waals surface area contributed by atoms with Crippen LogP contribution in [0.25, 0.3) is 0 Å². The zero-order chi connectivity index (χ0) is 21.6. The Labute approximate surface area is 175 Å². The van der Waals surface area contributed by atoms with Gasteiger partial charge in [-0.05, 0) is 25.0 Å². The maximum atomic E-state index is 13.2. The highest BCUT2D eigenvalue weighted by molar-refractivity contribution is 7.89. The molecule has 0 aromatic heterocycles. The van der Waals surface area contributed by atoms with Crippen LogP contribution in [0.1, 0.15) is 26.2 Å². The summed E-state index contributed by atoms with van der Waals surface area (Å²) < 4.78 is 44.1. The summed E-state index contributed by atoms with van der Waals surface area (Å²) in [4.78, 5) is 23.8. The van der Waals surface area contributed by atoms with Crippen molar-refractivity contribution in [1.82, 2.24) is 14.9 Å². The molecule has 166 valence electrons. The van der Waals surface area contributed by atoms with Crippen molar-refractivity contribution in [2.75, 3.05) is 39.5 Å². The van der Waals surface area contributed by atoms with Crippen LogP contribution in [0.2, 0.25) is 0 Å². The summed E-state index contributed by atoms with van der Waals surface area (Å²) in [6.07, 6.45) is 1.27. The zero-order valence-electron chi connectivity index (χ0n) is 16.9.